The van der Waals surface area contributed by atoms with Gasteiger partial charge in [0.2, 0.25) is 0 Å². The Bertz CT molecular complexity index is 2080. The molecule has 0 aliphatic rings. The molecule has 0 saturated carbocycles. The topological polar surface area (TPSA) is 25.8 Å². The largest absolute Gasteiger partial charge is 0.256 e. The second-order valence-corrected chi connectivity index (χ2v) is 11.3. The molecule has 2 heteroatoms. The van der Waals surface area contributed by atoms with Gasteiger partial charge in [-0.1, -0.05) is 103 Å². The first-order valence-electron chi connectivity index (χ1n) is 15.0. The first-order chi connectivity index (χ1) is 21.6. The van der Waals surface area contributed by atoms with E-state index in [1.54, 1.807) is 0 Å². The summed E-state index contributed by atoms with van der Waals surface area (Å²) in [5, 5.41) is 0. The van der Waals surface area contributed by atoms with Crippen LogP contribution in [0.25, 0.3) is 67.0 Å². The Kier molecular flexibility index (Phi) is 7.40. The number of aryl methyl sites for hydroxylation is 2. The number of hydrogen-bond acceptors (Lipinski definition) is 2. The Hall–Kier alpha value is -5.60. The Labute approximate surface area is 259 Å². The van der Waals surface area contributed by atoms with Crippen molar-refractivity contribution in [3.63, 3.8) is 0 Å². The van der Waals surface area contributed by atoms with Crippen LogP contribution in [-0.4, -0.2) is 9.97 Å². The van der Waals surface area contributed by atoms with Gasteiger partial charge in [-0.05, 0) is 112 Å². The normalized spacial score (nSPS) is 11.0. The molecule has 2 nitrogen and oxygen atoms in total. The van der Waals surface area contributed by atoms with E-state index in [2.05, 4.69) is 157 Å². The van der Waals surface area contributed by atoms with Crippen LogP contribution in [0.15, 0.2) is 158 Å². The maximum Gasteiger partial charge on any atom is 0.0702 e. The Morgan fingerprint density at radius 2 is 0.909 bits per heavy atom. The van der Waals surface area contributed by atoms with Crippen LogP contribution in [0.2, 0.25) is 0 Å². The fourth-order valence-electron chi connectivity index (χ4n) is 5.88. The van der Waals surface area contributed by atoms with Crippen molar-refractivity contribution in [2.45, 2.75) is 13.8 Å². The zero-order valence-electron chi connectivity index (χ0n) is 24.9. The van der Waals surface area contributed by atoms with E-state index >= 15 is 0 Å². The minimum Gasteiger partial charge on any atom is -0.256 e. The van der Waals surface area contributed by atoms with Crippen molar-refractivity contribution in [3.05, 3.63) is 169 Å². The molecule has 44 heavy (non-hydrogen) atoms. The standard InChI is InChI=1S/C42H32N2/c1-29-19-22-42(44-28-29)36-15-9-14-35(27-36)40-17-4-3-16-39(40)34-13-8-11-32(26-34)31-10-7-12-33(25-31)38-21-20-37(24-30(38)2)41-18-5-6-23-43-41/h3-28H,1-2H3. The zero-order chi connectivity index (χ0) is 29.9. The maximum atomic E-state index is 4.66. The van der Waals surface area contributed by atoms with Crippen molar-refractivity contribution < 1.29 is 0 Å². The van der Waals surface area contributed by atoms with Crippen molar-refractivity contribution in [1.29, 1.82) is 0 Å². The monoisotopic (exact) mass is 564 g/mol. The molecule has 0 aliphatic heterocycles. The van der Waals surface area contributed by atoms with Crippen molar-refractivity contribution in [1.82, 2.24) is 9.97 Å². The van der Waals surface area contributed by atoms with Crippen LogP contribution in [0.1, 0.15) is 11.1 Å². The third-order valence-electron chi connectivity index (χ3n) is 8.18. The van der Waals surface area contributed by atoms with Gasteiger partial charge in [0.1, 0.15) is 0 Å². The van der Waals surface area contributed by atoms with Gasteiger partial charge in [-0.2, -0.15) is 0 Å². The third kappa shape index (κ3) is 5.58. The number of benzene rings is 5. The first-order valence-corrected chi connectivity index (χ1v) is 15.0. The summed E-state index contributed by atoms with van der Waals surface area (Å²) in [6.45, 7) is 4.24. The minimum absolute atomic E-state index is 0.985. The van der Waals surface area contributed by atoms with Gasteiger partial charge in [0.25, 0.3) is 0 Å². The van der Waals surface area contributed by atoms with Gasteiger partial charge in [-0.25, -0.2) is 0 Å². The molecule has 0 N–H and O–H groups in total. The Morgan fingerprint density at radius 1 is 0.364 bits per heavy atom. The van der Waals surface area contributed by atoms with Gasteiger partial charge in [-0.3, -0.25) is 9.97 Å². The summed E-state index contributed by atoms with van der Waals surface area (Å²) in [5.74, 6) is 0. The summed E-state index contributed by atoms with van der Waals surface area (Å²) >= 11 is 0. The van der Waals surface area contributed by atoms with Gasteiger partial charge in [0.05, 0.1) is 11.4 Å². The van der Waals surface area contributed by atoms with E-state index in [1.165, 1.54) is 50.1 Å². The molecule has 0 fully saturated rings. The summed E-state index contributed by atoms with van der Waals surface area (Å²) in [4.78, 5) is 9.18. The van der Waals surface area contributed by atoms with Gasteiger partial charge >= 0.3 is 0 Å². The maximum absolute atomic E-state index is 4.66. The average Bonchev–Trinajstić information content (AvgIpc) is 3.09. The molecule has 0 spiro atoms. The summed E-state index contributed by atoms with van der Waals surface area (Å²) in [6.07, 6.45) is 3.77. The molecule has 0 radical (unpaired) electrons. The van der Waals surface area contributed by atoms with E-state index in [1.807, 2.05) is 24.5 Å². The van der Waals surface area contributed by atoms with Crippen LogP contribution in [-0.2, 0) is 0 Å². The lowest BCUT2D eigenvalue weighted by Gasteiger charge is -2.14. The number of aromatic nitrogens is 2. The molecule has 5 aromatic carbocycles. The summed E-state index contributed by atoms with van der Waals surface area (Å²) in [5.41, 5.74) is 16.2. The van der Waals surface area contributed by atoms with Crippen LogP contribution in [0, 0.1) is 13.8 Å². The number of pyridine rings is 2. The van der Waals surface area contributed by atoms with Gasteiger partial charge in [0.15, 0.2) is 0 Å². The van der Waals surface area contributed by atoms with Crippen molar-refractivity contribution >= 4 is 0 Å². The van der Waals surface area contributed by atoms with Crippen LogP contribution < -0.4 is 0 Å². The fraction of sp³-hybridized carbons (Fsp3) is 0.0476. The lowest BCUT2D eigenvalue weighted by atomic mass is 9.91. The van der Waals surface area contributed by atoms with E-state index in [0.29, 0.717) is 0 Å². The van der Waals surface area contributed by atoms with E-state index in [9.17, 15) is 0 Å². The van der Waals surface area contributed by atoms with Crippen LogP contribution in [0.4, 0.5) is 0 Å². The summed E-state index contributed by atoms with van der Waals surface area (Å²) in [7, 11) is 0. The third-order valence-corrected chi connectivity index (χ3v) is 8.18. The highest BCUT2D eigenvalue weighted by Crippen LogP contribution is 2.37. The van der Waals surface area contributed by atoms with Gasteiger partial charge < -0.3 is 0 Å². The molecule has 0 unspecified atom stereocenters. The number of rotatable bonds is 6. The minimum atomic E-state index is 0.985. The van der Waals surface area contributed by atoms with Crippen molar-refractivity contribution in [2.75, 3.05) is 0 Å². The zero-order valence-corrected chi connectivity index (χ0v) is 24.9. The number of nitrogens with zero attached hydrogens (tertiary/aromatic N) is 2. The van der Waals surface area contributed by atoms with Crippen LogP contribution in [0.5, 0.6) is 0 Å². The van der Waals surface area contributed by atoms with E-state index in [0.717, 1.165) is 28.1 Å². The van der Waals surface area contributed by atoms with Crippen LogP contribution >= 0.6 is 0 Å². The molecule has 2 aromatic heterocycles. The highest BCUT2D eigenvalue weighted by atomic mass is 14.7. The molecule has 2 heterocycles. The van der Waals surface area contributed by atoms with Crippen LogP contribution in [0.3, 0.4) is 0 Å². The predicted molar refractivity (Wildman–Crippen MR) is 184 cm³/mol. The van der Waals surface area contributed by atoms with Crippen molar-refractivity contribution in [3.8, 4) is 67.0 Å². The van der Waals surface area contributed by atoms with E-state index < -0.39 is 0 Å². The molecule has 210 valence electrons. The van der Waals surface area contributed by atoms with Gasteiger partial charge in [-0.15, -0.1) is 0 Å². The lowest BCUT2D eigenvalue weighted by molar-refractivity contribution is 1.27. The molecule has 0 bridgehead atoms. The molecule has 0 saturated heterocycles. The quantitative estimate of drug-likeness (QED) is 0.201. The highest BCUT2D eigenvalue weighted by molar-refractivity contribution is 5.87. The molecule has 0 aliphatic carbocycles. The van der Waals surface area contributed by atoms with Crippen molar-refractivity contribution in [2.24, 2.45) is 0 Å². The second-order valence-electron chi connectivity index (χ2n) is 11.3. The molecule has 0 atom stereocenters. The highest BCUT2D eigenvalue weighted by Gasteiger charge is 2.11. The molecular formula is C42H32N2. The van der Waals surface area contributed by atoms with E-state index in [4.69, 9.17) is 0 Å². The second kappa shape index (κ2) is 11.9. The lowest BCUT2D eigenvalue weighted by Crippen LogP contribution is -1.89. The molecular weight excluding hydrogens is 532 g/mol. The smallest absolute Gasteiger partial charge is 0.0702 e. The molecule has 0 amide bonds. The Balaban J connectivity index is 1.22. The first kappa shape index (κ1) is 27.2. The van der Waals surface area contributed by atoms with E-state index in [-0.39, 0.29) is 0 Å². The average molecular weight is 565 g/mol. The summed E-state index contributed by atoms with van der Waals surface area (Å²) in [6, 6.07) is 51.9. The SMILES string of the molecule is Cc1ccc(-c2cccc(-c3ccccc3-c3cccc(-c4cccc(-c5ccc(-c6ccccn6)cc5C)c4)c3)c2)nc1. The van der Waals surface area contributed by atoms with Gasteiger partial charge in [0, 0.05) is 23.5 Å². The number of hydrogen-bond donors (Lipinski definition) is 0. The predicted octanol–water partition coefficient (Wildman–Crippen LogP) is 11.1. The molecule has 7 rings (SSSR count). The fourth-order valence-corrected chi connectivity index (χ4v) is 5.88. The molecule has 7 aromatic rings. The Morgan fingerprint density at radius 3 is 1.50 bits per heavy atom. The summed E-state index contributed by atoms with van der Waals surface area (Å²) < 4.78 is 0.